The summed E-state index contributed by atoms with van der Waals surface area (Å²) in [4.78, 5) is 1.69. The predicted molar refractivity (Wildman–Crippen MR) is 76.8 cm³/mol. The van der Waals surface area contributed by atoms with E-state index in [1.165, 1.54) is 24.3 Å². The maximum absolute atomic E-state index is 13.8. The molecule has 0 saturated carbocycles. The van der Waals surface area contributed by atoms with Crippen LogP contribution in [0.3, 0.4) is 0 Å². The molecule has 0 aromatic heterocycles. The van der Waals surface area contributed by atoms with Crippen LogP contribution in [-0.2, 0) is 0 Å². The lowest BCUT2D eigenvalue weighted by Crippen LogP contribution is -2.14. The molecule has 2 rings (SSSR count). The second-order valence-electron chi connectivity index (χ2n) is 4.07. The first-order chi connectivity index (χ1) is 8.99. The summed E-state index contributed by atoms with van der Waals surface area (Å²) in [6.45, 7) is 0. The van der Waals surface area contributed by atoms with E-state index < -0.39 is 5.82 Å². The van der Waals surface area contributed by atoms with Gasteiger partial charge < -0.3 is 10.6 Å². The molecule has 0 bridgehead atoms. The van der Waals surface area contributed by atoms with Gasteiger partial charge >= 0.3 is 0 Å². The number of nitrogens with two attached hydrogens (primary N) is 1. The molecule has 0 atom stereocenters. The highest BCUT2D eigenvalue weighted by Crippen LogP contribution is 2.25. The molecule has 2 aromatic carbocycles. The molecular weight excluding hydrogens is 266 g/mol. The van der Waals surface area contributed by atoms with E-state index in [0.717, 1.165) is 0 Å². The first-order valence-corrected chi connectivity index (χ1v) is 5.98. The van der Waals surface area contributed by atoms with E-state index in [9.17, 15) is 8.78 Å². The number of rotatable bonds is 3. The smallest absolute Gasteiger partial charge is 0.135 e. The Balaban J connectivity index is 2.37. The fraction of sp³-hybridized carbons (Fsp3) is 0.0714. The predicted octanol–water partition coefficient (Wildman–Crippen LogP) is 3.37. The van der Waals surface area contributed by atoms with Gasteiger partial charge in [0.05, 0.1) is 0 Å². The van der Waals surface area contributed by atoms with Crippen LogP contribution >= 0.6 is 12.2 Å². The third-order valence-corrected chi connectivity index (χ3v) is 3.02. The summed E-state index contributed by atoms with van der Waals surface area (Å²) in [5.41, 5.74) is 6.81. The number of nitrogens with zero attached hydrogens (tertiary/aromatic N) is 1. The minimum Gasteiger partial charge on any atom is -0.389 e. The zero-order chi connectivity index (χ0) is 14.0. The van der Waals surface area contributed by atoms with Crippen LogP contribution in [0.25, 0.3) is 0 Å². The van der Waals surface area contributed by atoms with Crippen molar-refractivity contribution in [1.82, 2.24) is 0 Å². The normalized spacial score (nSPS) is 10.3. The fourth-order valence-electron chi connectivity index (χ4n) is 1.75. The average molecular weight is 278 g/mol. The quantitative estimate of drug-likeness (QED) is 0.873. The molecule has 0 fully saturated rings. The summed E-state index contributed by atoms with van der Waals surface area (Å²) in [6.07, 6.45) is 0. The van der Waals surface area contributed by atoms with Crippen LogP contribution in [0.2, 0.25) is 0 Å². The molecule has 2 N–H and O–H groups in total. The van der Waals surface area contributed by atoms with Gasteiger partial charge in [-0.3, -0.25) is 0 Å². The highest BCUT2D eigenvalue weighted by atomic mass is 32.1. The van der Waals surface area contributed by atoms with E-state index in [0.29, 0.717) is 11.4 Å². The van der Waals surface area contributed by atoms with Gasteiger partial charge in [0.25, 0.3) is 0 Å². The highest BCUT2D eigenvalue weighted by molar-refractivity contribution is 7.80. The highest BCUT2D eigenvalue weighted by Gasteiger charge is 2.10. The van der Waals surface area contributed by atoms with Crippen LogP contribution in [0.15, 0.2) is 42.5 Å². The van der Waals surface area contributed by atoms with Crippen molar-refractivity contribution in [2.75, 3.05) is 11.9 Å². The van der Waals surface area contributed by atoms with Gasteiger partial charge in [-0.2, -0.15) is 0 Å². The van der Waals surface area contributed by atoms with Gasteiger partial charge in [-0.15, -0.1) is 0 Å². The number of hydrogen-bond donors (Lipinski definition) is 1. The minimum atomic E-state index is -0.492. The summed E-state index contributed by atoms with van der Waals surface area (Å²) in [5.74, 6) is -0.835. The maximum atomic E-state index is 13.8. The number of anilines is 2. The van der Waals surface area contributed by atoms with Gasteiger partial charge in [0, 0.05) is 24.0 Å². The van der Waals surface area contributed by atoms with E-state index in [4.69, 9.17) is 18.0 Å². The zero-order valence-electron chi connectivity index (χ0n) is 10.2. The summed E-state index contributed by atoms with van der Waals surface area (Å²) in [6, 6.07) is 10.6. The SMILES string of the molecule is CN(c1cccc(F)c1)c1ccc(C(N)=S)c(F)c1. The third-order valence-electron chi connectivity index (χ3n) is 2.80. The minimum absolute atomic E-state index is 0.0115. The topological polar surface area (TPSA) is 29.3 Å². The number of thiocarbonyl (C=S) groups is 1. The second kappa shape index (κ2) is 5.32. The zero-order valence-corrected chi connectivity index (χ0v) is 11.0. The second-order valence-corrected chi connectivity index (χ2v) is 4.51. The average Bonchev–Trinajstić information content (AvgIpc) is 2.37. The summed E-state index contributed by atoms with van der Waals surface area (Å²) in [7, 11) is 1.73. The van der Waals surface area contributed by atoms with E-state index >= 15 is 0 Å². The number of hydrogen-bond acceptors (Lipinski definition) is 2. The van der Waals surface area contributed by atoms with E-state index in [2.05, 4.69) is 0 Å². The van der Waals surface area contributed by atoms with Crippen molar-refractivity contribution in [2.24, 2.45) is 5.73 Å². The molecule has 19 heavy (non-hydrogen) atoms. The molecule has 98 valence electrons. The summed E-state index contributed by atoms with van der Waals surface area (Å²) < 4.78 is 26.9. The third kappa shape index (κ3) is 2.88. The Bertz CT molecular complexity index is 629. The van der Waals surface area contributed by atoms with Gasteiger partial charge in [0.1, 0.15) is 16.6 Å². The monoisotopic (exact) mass is 278 g/mol. The largest absolute Gasteiger partial charge is 0.389 e. The fourth-order valence-corrected chi connectivity index (χ4v) is 1.91. The Morgan fingerprint density at radius 1 is 1.11 bits per heavy atom. The lowest BCUT2D eigenvalue weighted by molar-refractivity contribution is 0.625. The van der Waals surface area contributed by atoms with E-state index in [1.54, 1.807) is 30.1 Å². The maximum Gasteiger partial charge on any atom is 0.135 e. The molecule has 5 heteroatoms. The van der Waals surface area contributed by atoms with Crippen LogP contribution in [0.4, 0.5) is 20.2 Å². The van der Waals surface area contributed by atoms with Crippen LogP contribution in [0.1, 0.15) is 5.56 Å². The molecule has 0 aliphatic carbocycles. The Labute approximate surface area is 115 Å². The molecule has 0 aliphatic rings. The van der Waals surface area contributed by atoms with Gasteiger partial charge in [0.15, 0.2) is 0 Å². The molecule has 0 aliphatic heterocycles. The van der Waals surface area contributed by atoms with Crippen LogP contribution < -0.4 is 10.6 Å². The Hall–Kier alpha value is -2.01. The molecule has 2 nitrogen and oxygen atoms in total. The first kappa shape index (κ1) is 13.4. The van der Waals surface area contributed by atoms with E-state index in [1.807, 2.05) is 0 Å². The lowest BCUT2D eigenvalue weighted by Gasteiger charge is -2.20. The Morgan fingerprint density at radius 3 is 2.37 bits per heavy atom. The summed E-state index contributed by atoms with van der Waals surface area (Å²) in [5, 5.41) is 0. The van der Waals surface area contributed by atoms with Crippen LogP contribution in [0, 0.1) is 11.6 Å². The molecule has 0 heterocycles. The van der Waals surface area contributed by atoms with Crippen molar-refractivity contribution in [3.05, 3.63) is 59.7 Å². The molecule has 2 aromatic rings. The van der Waals surface area contributed by atoms with Gasteiger partial charge in [-0.25, -0.2) is 8.78 Å². The van der Waals surface area contributed by atoms with Crippen molar-refractivity contribution >= 4 is 28.6 Å². The van der Waals surface area contributed by atoms with Crippen molar-refractivity contribution < 1.29 is 8.78 Å². The van der Waals surface area contributed by atoms with Crippen molar-refractivity contribution in [1.29, 1.82) is 0 Å². The first-order valence-electron chi connectivity index (χ1n) is 5.57. The van der Waals surface area contributed by atoms with Crippen molar-refractivity contribution in [2.45, 2.75) is 0 Å². The van der Waals surface area contributed by atoms with Crippen molar-refractivity contribution in [3.8, 4) is 0 Å². The van der Waals surface area contributed by atoms with Crippen LogP contribution in [-0.4, -0.2) is 12.0 Å². The number of halogens is 2. The lowest BCUT2D eigenvalue weighted by atomic mass is 10.1. The molecule has 0 spiro atoms. The molecule has 0 radical (unpaired) electrons. The van der Waals surface area contributed by atoms with Gasteiger partial charge in [-0.1, -0.05) is 18.3 Å². The summed E-state index contributed by atoms with van der Waals surface area (Å²) >= 11 is 4.74. The van der Waals surface area contributed by atoms with Gasteiger partial charge in [-0.05, 0) is 36.4 Å². The standard InChI is InChI=1S/C14H12F2N2S/c1-18(10-4-2-3-9(15)7-10)11-5-6-12(14(17)19)13(16)8-11/h2-8H,1H3,(H2,17,19). The molecular formula is C14H12F2N2S. The van der Waals surface area contributed by atoms with E-state index in [-0.39, 0.29) is 16.4 Å². The van der Waals surface area contributed by atoms with Crippen LogP contribution in [0.5, 0.6) is 0 Å². The Morgan fingerprint density at radius 2 is 1.79 bits per heavy atom. The Kier molecular flexibility index (Phi) is 3.76. The molecule has 0 unspecified atom stereocenters. The van der Waals surface area contributed by atoms with Gasteiger partial charge in [0.2, 0.25) is 0 Å². The molecule has 0 amide bonds. The van der Waals surface area contributed by atoms with Crippen molar-refractivity contribution in [3.63, 3.8) is 0 Å². The molecule has 0 saturated heterocycles. The number of benzene rings is 2.